The second-order valence-corrected chi connectivity index (χ2v) is 13.1. The molecule has 0 bridgehead atoms. The number of aliphatic carboxylic acids is 1. The molecule has 0 aromatic heterocycles. The van der Waals surface area contributed by atoms with Crippen molar-refractivity contribution in [3.05, 3.63) is 0 Å². The standard InChI is InChI=1S/C28H47NO6/c1-15(2)29-26(34)35-22-13-17-12-18(30)10-11-27(17,4)21-14-23(31)28(5)19(7-8-20(28)25(21)22)16(3)6-9-24(32)33/h15-23,25,30-31H,6-14H2,1-5H3,(H,29,34)(H,32,33)/t16-,17+,18-,19-,20+,21+,22-,23+,25+,27+,28-/m1/s1. The summed E-state index contributed by atoms with van der Waals surface area (Å²) >= 11 is 0. The molecule has 4 saturated carbocycles. The van der Waals surface area contributed by atoms with Crippen LogP contribution < -0.4 is 5.32 Å². The van der Waals surface area contributed by atoms with Gasteiger partial charge in [0, 0.05) is 18.4 Å². The number of aliphatic hydroxyl groups is 2. The van der Waals surface area contributed by atoms with Crippen LogP contribution in [-0.4, -0.2) is 51.7 Å². The Kier molecular flexibility index (Phi) is 7.52. The molecule has 0 aromatic rings. The molecule has 4 aliphatic rings. The lowest BCUT2D eigenvalue weighted by Crippen LogP contribution is -2.63. The molecule has 0 spiro atoms. The number of carboxylic acids is 1. The molecule has 7 heteroatoms. The minimum Gasteiger partial charge on any atom is -0.481 e. The zero-order valence-corrected chi connectivity index (χ0v) is 22.2. The van der Waals surface area contributed by atoms with Crippen LogP contribution in [0.25, 0.3) is 0 Å². The number of nitrogens with one attached hydrogen (secondary N) is 1. The molecule has 0 aromatic carbocycles. The third-order valence-electron chi connectivity index (χ3n) is 11.0. The van der Waals surface area contributed by atoms with Crippen LogP contribution in [0.5, 0.6) is 0 Å². The van der Waals surface area contributed by atoms with Crippen molar-refractivity contribution in [3.8, 4) is 0 Å². The fourth-order valence-corrected chi connectivity index (χ4v) is 9.19. The number of rotatable bonds is 6. The van der Waals surface area contributed by atoms with Crippen LogP contribution in [-0.2, 0) is 9.53 Å². The fraction of sp³-hybridized carbons (Fsp3) is 0.929. The Morgan fingerprint density at radius 1 is 1.03 bits per heavy atom. The van der Waals surface area contributed by atoms with E-state index in [2.05, 4.69) is 26.1 Å². The Labute approximate surface area is 210 Å². The first-order chi connectivity index (χ1) is 16.4. The van der Waals surface area contributed by atoms with E-state index in [1.165, 1.54) is 0 Å². The van der Waals surface area contributed by atoms with Gasteiger partial charge in [-0.25, -0.2) is 4.79 Å². The molecule has 0 aliphatic heterocycles. The molecule has 0 saturated heterocycles. The molecule has 4 N–H and O–H groups in total. The number of fused-ring (bicyclic) bond motifs is 5. The Morgan fingerprint density at radius 2 is 1.74 bits per heavy atom. The van der Waals surface area contributed by atoms with Gasteiger partial charge in [0.1, 0.15) is 6.10 Å². The van der Waals surface area contributed by atoms with Crippen molar-refractivity contribution in [1.82, 2.24) is 5.32 Å². The largest absolute Gasteiger partial charge is 0.481 e. The van der Waals surface area contributed by atoms with Crippen molar-refractivity contribution in [2.24, 2.45) is 46.3 Å². The summed E-state index contributed by atoms with van der Waals surface area (Å²) in [6, 6.07) is -0.00644. The number of hydrogen-bond acceptors (Lipinski definition) is 5. The third-order valence-corrected chi connectivity index (χ3v) is 11.0. The lowest BCUT2D eigenvalue weighted by atomic mass is 9.43. The van der Waals surface area contributed by atoms with E-state index in [0.717, 1.165) is 38.5 Å². The number of carbonyl (C=O) groups excluding carboxylic acids is 1. The van der Waals surface area contributed by atoms with E-state index >= 15 is 0 Å². The van der Waals surface area contributed by atoms with E-state index in [1.807, 2.05) is 13.8 Å². The maximum absolute atomic E-state index is 12.8. The fourth-order valence-electron chi connectivity index (χ4n) is 9.19. The molecule has 4 aliphatic carbocycles. The van der Waals surface area contributed by atoms with Gasteiger partial charge < -0.3 is 25.4 Å². The van der Waals surface area contributed by atoms with E-state index in [-0.39, 0.29) is 77.1 Å². The summed E-state index contributed by atoms with van der Waals surface area (Å²) in [5.41, 5.74) is -0.291. The monoisotopic (exact) mass is 493 g/mol. The van der Waals surface area contributed by atoms with Crippen LogP contribution >= 0.6 is 0 Å². The highest BCUT2D eigenvalue weighted by Gasteiger charge is 2.66. The van der Waals surface area contributed by atoms with Crippen LogP contribution in [0, 0.1) is 46.3 Å². The van der Waals surface area contributed by atoms with Crippen LogP contribution in [0.3, 0.4) is 0 Å². The minimum atomic E-state index is -0.767. The summed E-state index contributed by atoms with van der Waals surface area (Å²) < 4.78 is 6.17. The SMILES string of the molecule is CC(C)NC(=O)O[C@@H]1C[C@@H]2C[C@H](O)CC[C@]2(C)[C@H]2C[C@H](O)[C@]3(C)[C@@H]([C@H](C)CCC(=O)O)CC[C@H]3[C@H]12. The molecule has 0 radical (unpaired) electrons. The number of ether oxygens (including phenoxy) is 1. The van der Waals surface area contributed by atoms with Crippen molar-refractivity contribution in [2.45, 2.75) is 117 Å². The van der Waals surface area contributed by atoms with Gasteiger partial charge in [-0.3, -0.25) is 4.79 Å². The Balaban J connectivity index is 1.66. The van der Waals surface area contributed by atoms with Gasteiger partial charge in [0.2, 0.25) is 0 Å². The number of amides is 1. The molecule has 0 heterocycles. The summed E-state index contributed by atoms with van der Waals surface area (Å²) in [6.45, 7) is 10.6. The van der Waals surface area contributed by atoms with Crippen molar-refractivity contribution in [3.63, 3.8) is 0 Å². The quantitative estimate of drug-likeness (QED) is 0.430. The second-order valence-electron chi connectivity index (χ2n) is 13.1. The van der Waals surface area contributed by atoms with Gasteiger partial charge >= 0.3 is 12.1 Å². The lowest BCUT2D eigenvalue weighted by Gasteiger charge is -2.63. The molecule has 11 atom stereocenters. The number of hydrogen-bond donors (Lipinski definition) is 4. The lowest BCUT2D eigenvalue weighted by molar-refractivity contribution is -0.206. The molecule has 4 fully saturated rings. The highest BCUT2D eigenvalue weighted by atomic mass is 16.6. The van der Waals surface area contributed by atoms with Gasteiger partial charge in [-0.1, -0.05) is 20.8 Å². The highest BCUT2D eigenvalue weighted by molar-refractivity contribution is 5.67. The first-order valence-electron chi connectivity index (χ1n) is 13.9. The molecular weight excluding hydrogens is 446 g/mol. The Hall–Kier alpha value is -1.34. The first-order valence-corrected chi connectivity index (χ1v) is 13.9. The van der Waals surface area contributed by atoms with Crippen LogP contribution in [0.15, 0.2) is 0 Å². The van der Waals surface area contributed by atoms with E-state index in [4.69, 9.17) is 4.74 Å². The zero-order valence-electron chi connectivity index (χ0n) is 22.2. The number of carbonyl (C=O) groups is 2. The third kappa shape index (κ3) is 4.72. The Bertz CT molecular complexity index is 802. The predicted octanol–water partition coefficient (Wildman–Crippen LogP) is 4.59. The predicted molar refractivity (Wildman–Crippen MR) is 133 cm³/mol. The summed E-state index contributed by atoms with van der Waals surface area (Å²) in [4.78, 5) is 24.0. The van der Waals surface area contributed by atoms with E-state index < -0.39 is 12.1 Å². The highest BCUT2D eigenvalue weighted by Crippen LogP contribution is 2.68. The van der Waals surface area contributed by atoms with Crippen molar-refractivity contribution < 1.29 is 29.6 Å². The number of aliphatic hydroxyl groups excluding tert-OH is 2. The van der Waals surface area contributed by atoms with Crippen LogP contribution in [0.2, 0.25) is 0 Å². The van der Waals surface area contributed by atoms with Crippen LogP contribution in [0.4, 0.5) is 4.79 Å². The summed E-state index contributed by atoms with van der Waals surface area (Å²) in [7, 11) is 0. The normalized spacial score (nSPS) is 45.7. The second kappa shape index (κ2) is 9.85. The first kappa shape index (κ1) is 26.7. The summed E-state index contributed by atoms with van der Waals surface area (Å²) in [5, 5.41) is 34.3. The van der Waals surface area contributed by atoms with Gasteiger partial charge in [0.25, 0.3) is 0 Å². The maximum Gasteiger partial charge on any atom is 0.407 e. The van der Waals surface area contributed by atoms with Crippen molar-refractivity contribution >= 4 is 12.1 Å². The smallest absolute Gasteiger partial charge is 0.407 e. The molecule has 1 amide bonds. The molecular formula is C28H47NO6. The van der Waals surface area contributed by atoms with Crippen molar-refractivity contribution in [2.75, 3.05) is 0 Å². The zero-order chi connectivity index (χ0) is 25.7. The molecule has 4 rings (SSSR count). The van der Waals surface area contributed by atoms with E-state index in [1.54, 1.807) is 0 Å². The molecule has 7 nitrogen and oxygen atoms in total. The van der Waals surface area contributed by atoms with Gasteiger partial charge in [0.05, 0.1) is 12.2 Å². The summed E-state index contributed by atoms with van der Waals surface area (Å²) in [6.07, 6.45) is 5.30. The average molecular weight is 494 g/mol. The van der Waals surface area contributed by atoms with E-state index in [9.17, 15) is 24.9 Å². The van der Waals surface area contributed by atoms with Gasteiger partial charge in [-0.05, 0) is 106 Å². The maximum atomic E-state index is 12.8. The molecule has 35 heavy (non-hydrogen) atoms. The van der Waals surface area contributed by atoms with Crippen molar-refractivity contribution in [1.29, 1.82) is 0 Å². The topological polar surface area (TPSA) is 116 Å². The van der Waals surface area contributed by atoms with Gasteiger partial charge in [-0.2, -0.15) is 0 Å². The van der Waals surface area contributed by atoms with E-state index in [0.29, 0.717) is 12.8 Å². The minimum absolute atomic E-state index is 0.00644. The van der Waals surface area contributed by atoms with Gasteiger partial charge in [0.15, 0.2) is 0 Å². The van der Waals surface area contributed by atoms with Gasteiger partial charge in [-0.15, -0.1) is 0 Å². The average Bonchev–Trinajstić information content (AvgIpc) is 3.12. The summed E-state index contributed by atoms with van der Waals surface area (Å²) in [5.74, 6) is 0.624. The molecule has 200 valence electrons. The van der Waals surface area contributed by atoms with Crippen LogP contribution in [0.1, 0.15) is 92.4 Å². The number of alkyl carbamates (subject to hydrolysis) is 1. The molecule has 0 unspecified atom stereocenters. The Morgan fingerprint density at radius 3 is 2.40 bits per heavy atom. The number of carboxylic acid groups (broad SMARTS) is 1.